The van der Waals surface area contributed by atoms with Gasteiger partial charge in [0, 0.05) is 38.0 Å². The number of aliphatic hydroxyl groups excluding tert-OH is 1. The van der Waals surface area contributed by atoms with E-state index in [0.29, 0.717) is 29.1 Å². The molecule has 2 aromatic rings. The van der Waals surface area contributed by atoms with Gasteiger partial charge in [0.05, 0.1) is 34.7 Å². The fraction of sp³-hybridized carbons (Fsp3) is 0.474. The van der Waals surface area contributed by atoms with Crippen LogP contribution in [-0.2, 0) is 28.7 Å². The van der Waals surface area contributed by atoms with Crippen molar-refractivity contribution >= 4 is 56.9 Å². The van der Waals surface area contributed by atoms with Gasteiger partial charge >= 0.3 is 5.97 Å². The third kappa shape index (κ3) is 6.77. The van der Waals surface area contributed by atoms with E-state index in [1.165, 1.54) is 9.80 Å². The Morgan fingerprint density at radius 1 is 1.18 bits per heavy atom. The maximum Gasteiger partial charge on any atom is 0.313 e. The first kappa shape index (κ1) is 37.7. The van der Waals surface area contributed by atoms with Crippen LogP contribution in [0.3, 0.4) is 0 Å². The molecule has 0 aliphatic carbocycles. The average Bonchev–Trinajstić information content (AvgIpc) is 3.70. The number of alkyl halides is 1. The van der Waals surface area contributed by atoms with Crippen LogP contribution in [-0.4, -0.2) is 94.0 Å². The predicted molar refractivity (Wildman–Crippen MR) is 195 cm³/mol. The van der Waals surface area contributed by atoms with Crippen LogP contribution in [0.4, 0.5) is 5.69 Å². The first-order valence-electron chi connectivity index (χ1n) is 17.0. The van der Waals surface area contributed by atoms with Gasteiger partial charge in [-0.3, -0.25) is 19.2 Å². The summed E-state index contributed by atoms with van der Waals surface area (Å²) < 4.78 is 13.0. The number of para-hydroxylation sites is 1. The fourth-order valence-corrected chi connectivity index (χ4v) is 9.08. The van der Waals surface area contributed by atoms with E-state index < -0.39 is 59.5 Å². The van der Waals surface area contributed by atoms with Crippen molar-refractivity contribution in [3.05, 3.63) is 90.0 Å². The number of aryl methyl sites for hydroxylation is 1. The minimum absolute atomic E-state index is 0.0808. The molecule has 3 aliphatic heterocycles. The number of halogens is 2. The van der Waals surface area contributed by atoms with E-state index in [-0.39, 0.29) is 43.3 Å². The Morgan fingerprint density at radius 2 is 1.90 bits per heavy atom. The Kier molecular flexibility index (Phi) is 11.9. The minimum atomic E-state index is -1.36. The molecule has 1 N–H and O–H groups in total. The number of aliphatic hydroxyl groups is 1. The van der Waals surface area contributed by atoms with Crippen molar-refractivity contribution < 1.29 is 33.8 Å². The highest BCUT2D eigenvalue weighted by molar-refractivity contribution is 9.09. The van der Waals surface area contributed by atoms with Crippen LogP contribution >= 0.6 is 27.5 Å². The molecule has 268 valence electrons. The molecule has 2 bridgehead atoms. The fourth-order valence-electron chi connectivity index (χ4n) is 7.82. The maximum atomic E-state index is 14.8. The van der Waals surface area contributed by atoms with Gasteiger partial charge in [0.25, 0.3) is 5.91 Å². The maximum absolute atomic E-state index is 14.8. The molecule has 3 saturated heterocycles. The van der Waals surface area contributed by atoms with Crippen LogP contribution in [0, 0.1) is 18.8 Å². The highest BCUT2D eigenvalue weighted by Gasteiger charge is 2.77. The van der Waals surface area contributed by atoms with Crippen LogP contribution in [0.5, 0.6) is 0 Å². The number of rotatable bonds is 15. The third-order valence-corrected chi connectivity index (χ3v) is 11.4. The van der Waals surface area contributed by atoms with Gasteiger partial charge in [0.15, 0.2) is 0 Å². The molecule has 3 aliphatic rings. The molecular formula is C38H45BrClN3O7. The molecule has 5 rings (SSSR count). The highest BCUT2D eigenvalue weighted by Crippen LogP contribution is 2.60. The number of fused-ring (bicyclic) bond motifs is 1. The van der Waals surface area contributed by atoms with E-state index >= 15 is 0 Å². The standard InChI is InChI=1S/C38H45BrClN3O7/c1-6-8-18-28(45)41(5)24(4)32(25-15-10-9-11-16-25)49-37(48)29-30-35(46)43(20-13-21-44)34(38(30)22-26(39)33(29)50-38)36(47)42(19-7-2)31-23(3)14-12-17-27(31)40/h6-7,9-12,14-17,24,26,29-30,32-34,44H,1-2,8,13,18-22H2,3-5H3/t24-,26?,29-,30+,32+,33-,34-,38+/m0/s1. The monoisotopic (exact) mass is 769 g/mol. The second-order valence-corrected chi connectivity index (χ2v) is 14.8. The van der Waals surface area contributed by atoms with Gasteiger partial charge < -0.3 is 29.3 Å². The van der Waals surface area contributed by atoms with Gasteiger partial charge in [-0.05, 0) is 50.3 Å². The molecular weight excluding hydrogens is 726 g/mol. The summed E-state index contributed by atoms with van der Waals surface area (Å²) in [6.07, 6.45) is 2.97. The van der Waals surface area contributed by atoms with Gasteiger partial charge in [-0.1, -0.05) is 82.1 Å². The number of carbonyl (C=O) groups excluding carboxylic acids is 4. The molecule has 0 aromatic heterocycles. The topological polar surface area (TPSA) is 117 Å². The summed E-state index contributed by atoms with van der Waals surface area (Å²) in [5.74, 6) is -3.65. The van der Waals surface area contributed by atoms with Gasteiger partial charge in [-0.2, -0.15) is 0 Å². The molecule has 0 radical (unpaired) electrons. The molecule has 3 fully saturated rings. The van der Waals surface area contributed by atoms with E-state index in [1.54, 1.807) is 36.2 Å². The number of hydrogen-bond donors (Lipinski definition) is 1. The number of amides is 3. The van der Waals surface area contributed by atoms with E-state index in [2.05, 4.69) is 29.1 Å². The SMILES string of the molecule is C=CCCC(=O)N(C)[C@@H](C)[C@@H](OC(=O)[C@@H]1[C@H]2O[C@@]3(CC2Br)[C@H](C(=O)N(CC=C)c2c(C)cccc2Cl)N(CCCO)C(=O)[C@@H]13)c1ccccc1. The number of ether oxygens (including phenoxy) is 2. The smallest absolute Gasteiger partial charge is 0.313 e. The molecule has 3 heterocycles. The lowest BCUT2D eigenvalue weighted by Gasteiger charge is -2.37. The lowest BCUT2D eigenvalue weighted by Crippen LogP contribution is -2.57. The predicted octanol–water partition coefficient (Wildman–Crippen LogP) is 5.40. The van der Waals surface area contributed by atoms with Gasteiger partial charge in [0.1, 0.15) is 17.7 Å². The summed E-state index contributed by atoms with van der Waals surface area (Å²) in [7, 11) is 1.68. The number of benzene rings is 2. The molecule has 2 aromatic carbocycles. The number of esters is 1. The Morgan fingerprint density at radius 3 is 2.54 bits per heavy atom. The lowest BCUT2D eigenvalue weighted by atomic mass is 9.70. The molecule has 8 atom stereocenters. The van der Waals surface area contributed by atoms with E-state index in [0.717, 1.165) is 5.56 Å². The summed E-state index contributed by atoms with van der Waals surface area (Å²) in [6.45, 7) is 11.2. The zero-order chi connectivity index (χ0) is 36.3. The van der Waals surface area contributed by atoms with Gasteiger partial charge in [0.2, 0.25) is 11.8 Å². The number of carbonyl (C=O) groups is 4. The van der Waals surface area contributed by atoms with Crippen molar-refractivity contribution in [3.8, 4) is 0 Å². The van der Waals surface area contributed by atoms with Gasteiger partial charge in [-0.25, -0.2) is 0 Å². The van der Waals surface area contributed by atoms with Crippen LogP contribution in [0.15, 0.2) is 73.8 Å². The number of likely N-dealkylation sites (tertiary alicyclic amines) is 1. The molecule has 1 spiro atoms. The van der Waals surface area contributed by atoms with Gasteiger partial charge in [-0.15, -0.1) is 13.2 Å². The van der Waals surface area contributed by atoms with Crippen molar-refractivity contribution in [1.82, 2.24) is 9.80 Å². The zero-order valence-corrected chi connectivity index (χ0v) is 31.0. The second kappa shape index (κ2) is 15.8. The number of likely N-dealkylation sites (N-methyl/N-ethyl adjacent to an activating group) is 1. The summed E-state index contributed by atoms with van der Waals surface area (Å²) in [6, 6.07) is 12.9. The summed E-state index contributed by atoms with van der Waals surface area (Å²) in [5.41, 5.74) is 0.597. The number of hydrogen-bond acceptors (Lipinski definition) is 7. The molecule has 3 amide bonds. The minimum Gasteiger partial charge on any atom is -0.455 e. The summed E-state index contributed by atoms with van der Waals surface area (Å²) >= 11 is 10.4. The number of allylic oxidation sites excluding steroid dienone is 1. The lowest BCUT2D eigenvalue weighted by molar-refractivity contribution is -0.164. The Bertz CT molecular complexity index is 1600. The summed E-state index contributed by atoms with van der Waals surface area (Å²) in [4.78, 5) is 61.0. The van der Waals surface area contributed by atoms with Crippen molar-refractivity contribution in [2.75, 3.05) is 31.6 Å². The van der Waals surface area contributed by atoms with Crippen LogP contribution < -0.4 is 4.90 Å². The van der Waals surface area contributed by atoms with E-state index in [1.807, 2.05) is 50.2 Å². The zero-order valence-electron chi connectivity index (χ0n) is 28.7. The molecule has 1 unspecified atom stereocenters. The largest absolute Gasteiger partial charge is 0.455 e. The van der Waals surface area contributed by atoms with E-state index in [9.17, 15) is 24.3 Å². The highest BCUT2D eigenvalue weighted by atomic mass is 79.9. The molecule has 0 saturated carbocycles. The molecule has 10 nitrogen and oxygen atoms in total. The number of anilines is 1. The molecule has 12 heteroatoms. The van der Waals surface area contributed by atoms with Crippen molar-refractivity contribution in [2.24, 2.45) is 11.8 Å². The Balaban J connectivity index is 1.53. The van der Waals surface area contributed by atoms with Crippen molar-refractivity contribution in [1.29, 1.82) is 0 Å². The quantitative estimate of drug-likeness (QED) is 0.147. The molecule has 50 heavy (non-hydrogen) atoms. The van der Waals surface area contributed by atoms with E-state index in [4.69, 9.17) is 21.1 Å². The van der Waals surface area contributed by atoms with Crippen LogP contribution in [0.2, 0.25) is 5.02 Å². The van der Waals surface area contributed by atoms with Crippen molar-refractivity contribution in [3.63, 3.8) is 0 Å². The van der Waals surface area contributed by atoms with Crippen LogP contribution in [0.25, 0.3) is 0 Å². The van der Waals surface area contributed by atoms with Crippen molar-refractivity contribution in [2.45, 2.75) is 74.3 Å². The first-order chi connectivity index (χ1) is 23.9. The first-order valence-corrected chi connectivity index (χ1v) is 18.2. The van der Waals surface area contributed by atoms with Crippen LogP contribution in [0.1, 0.15) is 49.8 Å². The number of nitrogens with zero attached hydrogens (tertiary/aromatic N) is 3. The second-order valence-electron chi connectivity index (χ2n) is 13.3. The normalized spacial score (nSPS) is 26.2. The average molecular weight is 771 g/mol. The summed E-state index contributed by atoms with van der Waals surface area (Å²) in [5, 5.41) is 10.1. The Labute approximate surface area is 307 Å². The third-order valence-electron chi connectivity index (χ3n) is 10.3. The Hall–Kier alpha value is -3.51.